The molecule has 1 unspecified atom stereocenters. The Morgan fingerprint density at radius 2 is 1.60 bits per heavy atom. The topological polar surface area (TPSA) is 90.4 Å². The van der Waals surface area contributed by atoms with Gasteiger partial charge in [-0.2, -0.15) is 0 Å². The van der Waals surface area contributed by atoms with Crippen LogP contribution in [0.5, 0.6) is 5.75 Å². The van der Waals surface area contributed by atoms with Crippen molar-refractivity contribution in [1.82, 2.24) is 4.90 Å². The maximum Gasteiger partial charge on any atom is 0.251 e. The minimum atomic E-state index is -0.943. The van der Waals surface area contributed by atoms with Gasteiger partial charge in [-0.1, -0.05) is 35.9 Å². The molecular weight excluding hydrogens is 550 g/mol. The van der Waals surface area contributed by atoms with Gasteiger partial charge in [0.15, 0.2) is 0 Å². The van der Waals surface area contributed by atoms with Crippen LogP contribution in [0.15, 0.2) is 72.8 Å². The first kappa shape index (κ1) is 26.9. The monoisotopic (exact) mass is 579 g/mol. The normalized spacial score (nSPS) is 29.3. The third kappa shape index (κ3) is 4.22. The molecule has 6 rings (SSSR count). The standard InChI is InChI=1S/C30H30ClN3O5S/c1-2-39-22-12-10-21(11-13-22)32-15-3-5-23-24(27(32)36)25-28(37)34(17-18-35)26-29(38)33(16-4-14-30(25,26)40-23)20-8-6-19(31)7-9-20/h3-14,23-26,35H,2,15-18H2,1H3/t23-,24+,25+,26?,30+/m1/s1. The molecule has 0 bridgehead atoms. The minimum Gasteiger partial charge on any atom is -0.494 e. The van der Waals surface area contributed by atoms with Crippen LogP contribution in [0.1, 0.15) is 6.92 Å². The lowest BCUT2D eigenvalue weighted by atomic mass is 9.78. The summed E-state index contributed by atoms with van der Waals surface area (Å²) in [4.78, 5) is 47.4. The fourth-order valence-corrected chi connectivity index (χ4v) is 8.59. The number of carbonyl (C=O) groups is 3. The number of anilines is 2. The van der Waals surface area contributed by atoms with Gasteiger partial charge in [-0.25, -0.2) is 0 Å². The van der Waals surface area contributed by atoms with Crippen molar-refractivity contribution >= 4 is 52.5 Å². The molecule has 4 aliphatic rings. The van der Waals surface area contributed by atoms with E-state index < -0.39 is 22.6 Å². The van der Waals surface area contributed by atoms with Crippen LogP contribution in [0.25, 0.3) is 0 Å². The predicted octanol–water partition coefficient (Wildman–Crippen LogP) is 3.53. The number of aliphatic hydroxyl groups is 1. The number of likely N-dealkylation sites (tertiary alicyclic amines) is 1. The maximum absolute atomic E-state index is 14.2. The van der Waals surface area contributed by atoms with Crippen molar-refractivity contribution in [3.05, 3.63) is 77.9 Å². The zero-order valence-corrected chi connectivity index (χ0v) is 23.6. The summed E-state index contributed by atoms with van der Waals surface area (Å²) >= 11 is 7.60. The number of benzene rings is 2. The lowest BCUT2D eigenvalue weighted by Gasteiger charge is -2.35. The maximum atomic E-state index is 14.2. The molecule has 1 spiro atoms. The van der Waals surface area contributed by atoms with Crippen molar-refractivity contribution < 1.29 is 24.2 Å². The Bertz CT molecular complexity index is 1380. The zero-order chi connectivity index (χ0) is 28.0. The van der Waals surface area contributed by atoms with Gasteiger partial charge >= 0.3 is 0 Å². The van der Waals surface area contributed by atoms with Crippen molar-refractivity contribution in [1.29, 1.82) is 0 Å². The van der Waals surface area contributed by atoms with Crippen molar-refractivity contribution in [3.63, 3.8) is 0 Å². The number of ether oxygens (including phenoxy) is 1. The molecule has 2 aromatic carbocycles. The average molecular weight is 580 g/mol. The number of nitrogens with zero attached hydrogens (tertiary/aromatic N) is 3. The van der Waals surface area contributed by atoms with E-state index in [9.17, 15) is 19.5 Å². The third-order valence-corrected chi connectivity index (χ3v) is 10.1. The van der Waals surface area contributed by atoms with Gasteiger partial charge in [0, 0.05) is 41.3 Å². The van der Waals surface area contributed by atoms with Crippen LogP contribution in [-0.4, -0.2) is 76.6 Å². The Hall–Kier alpha value is -3.27. The van der Waals surface area contributed by atoms with E-state index in [4.69, 9.17) is 16.3 Å². The van der Waals surface area contributed by atoms with E-state index in [0.29, 0.717) is 30.4 Å². The van der Waals surface area contributed by atoms with Crippen LogP contribution in [0, 0.1) is 11.8 Å². The average Bonchev–Trinajstić information content (AvgIpc) is 3.25. The molecule has 40 heavy (non-hydrogen) atoms. The molecule has 2 aromatic rings. The highest BCUT2D eigenvalue weighted by molar-refractivity contribution is 8.02. The molecule has 5 atom stereocenters. The second-order valence-corrected chi connectivity index (χ2v) is 12.2. The highest BCUT2D eigenvalue weighted by Crippen LogP contribution is 2.61. The summed E-state index contributed by atoms with van der Waals surface area (Å²) < 4.78 is 4.62. The molecule has 0 saturated carbocycles. The molecule has 10 heteroatoms. The molecule has 0 radical (unpaired) electrons. The fourth-order valence-electron chi connectivity index (χ4n) is 6.46. The Morgan fingerprint density at radius 3 is 2.27 bits per heavy atom. The Labute approximate surface area is 242 Å². The zero-order valence-electron chi connectivity index (χ0n) is 22.0. The van der Waals surface area contributed by atoms with Gasteiger partial charge in [-0.15, -0.1) is 11.8 Å². The van der Waals surface area contributed by atoms with Crippen molar-refractivity contribution in [2.24, 2.45) is 11.8 Å². The number of β-amino-alcohol motifs (C(OH)–C–C–N with tert-alkyl or cyclic N) is 1. The first-order valence-corrected chi connectivity index (χ1v) is 14.7. The number of rotatable bonds is 6. The summed E-state index contributed by atoms with van der Waals surface area (Å²) in [5, 5.41) is 10.2. The molecule has 2 fully saturated rings. The van der Waals surface area contributed by atoms with Gasteiger partial charge < -0.3 is 24.5 Å². The molecule has 1 N–H and O–H groups in total. The number of aliphatic hydroxyl groups excluding tert-OH is 1. The van der Waals surface area contributed by atoms with E-state index in [1.54, 1.807) is 34.1 Å². The van der Waals surface area contributed by atoms with Gasteiger partial charge in [0.1, 0.15) is 11.8 Å². The predicted molar refractivity (Wildman–Crippen MR) is 156 cm³/mol. The Kier molecular flexibility index (Phi) is 7.14. The van der Waals surface area contributed by atoms with Gasteiger partial charge in [0.25, 0.3) is 5.91 Å². The SMILES string of the molecule is CCOc1ccc(N2CC=C[C@H]3S[C@]45C=CCN(c6ccc(Cl)cc6)C(=O)C4N(CCO)C(=O)[C@@H]5[C@H]3C2=O)cc1. The summed E-state index contributed by atoms with van der Waals surface area (Å²) in [6.07, 6.45) is 7.87. The molecule has 2 saturated heterocycles. The molecule has 0 aliphatic carbocycles. The Balaban J connectivity index is 1.39. The summed E-state index contributed by atoms with van der Waals surface area (Å²) in [6.45, 7) is 2.90. The molecule has 8 nitrogen and oxygen atoms in total. The molecule has 0 aromatic heterocycles. The van der Waals surface area contributed by atoms with E-state index in [-0.39, 0.29) is 36.1 Å². The summed E-state index contributed by atoms with van der Waals surface area (Å²) in [5.74, 6) is -1.34. The third-order valence-electron chi connectivity index (χ3n) is 8.10. The van der Waals surface area contributed by atoms with Crippen molar-refractivity contribution in [3.8, 4) is 5.75 Å². The van der Waals surface area contributed by atoms with Crippen molar-refractivity contribution in [2.75, 3.05) is 42.6 Å². The van der Waals surface area contributed by atoms with Crippen molar-refractivity contribution in [2.45, 2.75) is 23.0 Å². The number of carbonyl (C=O) groups excluding carboxylic acids is 3. The smallest absolute Gasteiger partial charge is 0.251 e. The molecule has 4 heterocycles. The van der Waals surface area contributed by atoms with Gasteiger partial charge in [-0.3, -0.25) is 14.4 Å². The number of halogens is 1. The molecular formula is C30H30ClN3O5S. The van der Waals surface area contributed by atoms with Gasteiger partial charge in [0.05, 0.1) is 29.8 Å². The summed E-state index contributed by atoms with van der Waals surface area (Å²) in [7, 11) is 0. The van der Waals surface area contributed by atoms with Crippen LogP contribution in [0.3, 0.4) is 0 Å². The van der Waals surface area contributed by atoms with E-state index in [1.807, 2.05) is 55.5 Å². The van der Waals surface area contributed by atoms with Crippen LogP contribution in [0.2, 0.25) is 5.02 Å². The first-order chi connectivity index (χ1) is 19.4. The number of hydrogen-bond donors (Lipinski definition) is 1. The van der Waals surface area contributed by atoms with Gasteiger partial charge in [-0.05, 0) is 55.5 Å². The van der Waals surface area contributed by atoms with E-state index in [1.165, 1.54) is 16.7 Å². The number of fused-ring (bicyclic) bond motifs is 2. The summed E-state index contributed by atoms with van der Waals surface area (Å²) in [5.41, 5.74) is 1.39. The van der Waals surface area contributed by atoms with Crippen LogP contribution in [-0.2, 0) is 14.4 Å². The summed E-state index contributed by atoms with van der Waals surface area (Å²) in [6, 6.07) is 13.5. The van der Waals surface area contributed by atoms with Gasteiger partial charge in [0.2, 0.25) is 11.8 Å². The highest BCUT2D eigenvalue weighted by Gasteiger charge is 2.71. The van der Waals surface area contributed by atoms with Crippen LogP contribution < -0.4 is 14.5 Å². The second kappa shape index (κ2) is 10.6. The molecule has 3 amide bonds. The lowest BCUT2D eigenvalue weighted by molar-refractivity contribution is -0.139. The Morgan fingerprint density at radius 1 is 0.950 bits per heavy atom. The first-order valence-electron chi connectivity index (χ1n) is 13.4. The largest absolute Gasteiger partial charge is 0.494 e. The molecule has 4 aliphatic heterocycles. The number of thioether (sulfide) groups is 1. The van der Waals surface area contributed by atoms with E-state index >= 15 is 0 Å². The van der Waals surface area contributed by atoms with Crippen LogP contribution >= 0.6 is 23.4 Å². The minimum absolute atomic E-state index is 0.0143. The van der Waals surface area contributed by atoms with Crippen LogP contribution in [0.4, 0.5) is 11.4 Å². The lowest BCUT2D eigenvalue weighted by Crippen LogP contribution is -2.53. The second-order valence-electron chi connectivity index (χ2n) is 10.2. The highest BCUT2D eigenvalue weighted by atomic mass is 35.5. The quantitative estimate of drug-likeness (QED) is 0.527. The molecule has 208 valence electrons. The fraction of sp³-hybridized carbons (Fsp3) is 0.367. The number of hydrogen-bond acceptors (Lipinski definition) is 6. The number of amides is 3. The van der Waals surface area contributed by atoms with E-state index in [2.05, 4.69) is 0 Å². The van der Waals surface area contributed by atoms with E-state index in [0.717, 1.165) is 11.4 Å².